The van der Waals surface area contributed by atoms with E-state index in [2.05, 4.69) is 175 Å². The predicted molar refractivity (Wildman–Crippen MR) is 187 cm³/mol. The monoisotopic (exact) mass is 567 g/mol. The average molecular weight is 568 g/mol. The van der Waals surface area contributed by atoms with Crippen molar-refractivity contribution in [1.29, 1.82) is 0 Å². The molecule has 1 aromatic heterocycles. The Balaban J connectivity index is 1.44. The average Bonchev–Trinajstić information content (AvgIpc) is 3.39. The second-order valence-electron chi connectivity index (χ2n) is 10.9. The number of nitrogens with zero attached hydrogens (tertiary/aromatic N) is 1. The second-order valence-corrected chi connectivity index (χ2v) is 10.9. The summed E-state index contributed by atoms with van der Waals surface area (Å²) in [4.78, 5) is 2.29. The van der Waals surface area contributed by atoms with E-state index in [9.17, 15) is 0 Å². The van der Waals surface area contributed by atoms with Crippen molar-refractivity contribution in [2.75, 3.05) is 4.90 Å². The van der Waals surface area contributed by atoms with Gasteiger partial charge in [0.25, 0.3) is 0 Å². The number of allylic oxidation sites excluding steroid dienone is 8. The first-order valence-corrected chi connectivity index (χ1v) is 15.1. The molecule has 0 radical (unpaired) electrons. The second kappa shape index (κ2) is 12.3. The summed E-state index contributed by atoms with van der Waals surface area (Å²) in [5.41, 5.74) is 8.72. The summed E-state index contributed by atoms with van der Waals surface area (Å²) in [6.07, 6.45) is 16.1. The Labute approximate surface area is 258 Å². The largest absolute Gasteiger partial charge is 0.454 e. The molecule has 44 heavy (non-hydrogen) atoms. The van der Waals surface area contributed by atoms with Crippen molar-refractivity contribution >= 4 is 38.7 Å². The molecule has 2 heteroatoms. The van der Waals surface area contributed by atoms with E-state index in [0.717, 1.165) is 51.4 Å². The molecule has 0 saturated heterocycles. The van der Waals surface area contributed by atoms with E-state index in [4.69, 9.17) is 4.42 Å². The summed E-state index contributed by atoms with van der Waals surface area (Å²) in [7, 11) is 0. The normalized spacial score (nSPS) is 13.7. The van der Waals surface area contributed by atoms with Crippen molar-refractivity contribution in [3.8, 4) is 11.1 Å². The molecule has 1 heterocycles. The highest BCUT2D eigenvalue weighted by molar-refractivity contribution is 6.12. The topological polar surface area (TPSA) is 16.4 Å². The van der Waals surface area contributed by atoms with E-state index >= 15 is 0 Å². The zero-order valence-electron chi connectivity index (χ0n) is 24.7. The molecule has 0 bridgehead atoms. The first-order valence-electron chi connectivity index (χ1n) is 15.1. The fourth-order valence-corrected chi connectivity index (χ4v) is 5.93. The van der Waals surface area contributed by atoms with Crippen molar-refractivity contribution in [3.05, 3.63) is 187 Å². The molecule has 5 aromatic carbocycles. The van der Waals surface area contributed by atoms with Crippen LogP contribution in [0.3, 0.4) is 0 Å². The van der Waals surface area contributed by atoms with Gasteiger partial charge in [-0.1, -0.05) is 127 Å². The van der Waals surface area contributed by atoms with Gasteiger partial charge in [0.05, 0.1) is 5.70 Å². The van der Waals surface area contributed by atoms with Gasteiger partial charge in [-0.15, -0.1) is 0 Å². The maximum atomic E-state index is 6.93. The van der Waals surface area contributed by atoms with Crippen molar-refractivity contribution < 1.29 is 4.42 Å². The molecule has 0 fully saturated rings. The van der Waals surface area contributed by atoms with Gasteiger partial charge in [0.1, 0.15) is 5.58 Å². The molecule has 1 aliphatic rings. The molecule has 0 spiro atoms. The van der Waals surface area contributed by atoms with Gasteiger partial charge < -0.3 is 9.32 Å². The lowest BCUT2D eigenvalue weighted by Gasteiger charge is -2.27. The highest BCUT2D eigenvalue weighted by Crippen LogP contribution is 2.41. The van der Waals surface area contributed by atoms with E-state index in [1.54, 1.807) is 0 Å². The van der Waals surface area contributed by atoms with Crippen LogP contribution in [0.5, 0.6) is 0 Å². The maximum absolute atomic E-state index is 6.93. The van der Waals surface area contributed by atoms with Crippen LogP contribution in [0.25, 0.3) is 44.1 Å². The Morgan fingerprint density at radius 2 is 1.39 bits per heavy atom. The zero-order valence-corrected chi connectivity index (χ0v) is 24.7. The Bertz CT molecular complexity index is 2070. The van der Waals surface area contributed by atoms with E-state index in [0.29, 0.717) is 0 Å². The first-order chi connectivity index (χ1) is 21.8. The van der Waals surface area contributed by atoms with Crippen molar-refractivity contribution in [1.82, 2.24) is 0 Å². The number of hydrogen-bond acceptors (Lipinski definition) is 2. The fraction of sp³-hybridized carbons (Fsp3) is 0.0476. The summed E-state index contributed by atoms with van der Waals surface area (Å²) in [6, 6.07) is 44.7. The Kier molecular flexibility index (Phi) is 7.63. The smallest absolute Gasteiger partial charge is 0.152 e. The number of hydrogen-bond donors (Lipinski definition) is 0. The van der Waals surface area contributed by atoms with Crippen LogP contribution in [0.1, 0.15) is 24.7 Å². The number of fused-ring (bicyclic) bond motifs is 3. The van der Waals surface area contributed by atoms with Crippen molar-refractivity contribution in [2.24, 2.45) is 0 Å². The highest BCUT2D eigenvalue weighted by Gasteiger charge is 2.23. The molecule has 0 atom stereocenters. The molecule has 2 nitrogen and oxygen atoms in total. The number of rotatable bonds is 7. The third kappa shape index (κ3) is 5.34. The minimum atomic E-state index is 0.807. The van der Waals surface area contributed by atoms with Gasteiger partial charge in [-0.05, 0) is 83.3 Å². The van der Waals surface area contributed by atoms with Crippen LogP contribution in [-0.2, 0) is 0 Å². The first kappa shape index (κ1) is 27.2. The standard InChI is InChI=1S/C42H33NO/c1-2-3-26-40(41-30-39-37-25-14-13-20-34(37)29-38(42(39)44-41)33-18-9-5-10-19-33)43(35-22-11-6-12-23-35)36-24-15-21-32(27-28-36)31-16-7-4-8-17-31/h2-20,22-30H,21H2,1H3/b3-2-,40-26+. The quantitative estimate of drug-likeness (QED) is 0.178. The van der Waals surface area contributed by atoms with Crippen LogP contribution >= 0.6 is 0 Å². The highest BCUT2D eigenvalue weighted by atomic mass is 16.3. The van der Waals surface area contributed by atoms with Gasteiger partial charge in [0.15, 0.2) is 5.76 Å². The minimum absolute atomic E-state index is 0.807. The van der Waals surface area contributed by atoms with Crippen LogP contribution in [0.4, 0.5) is 5.69 Å². The molecular formula is C42H33NO. The number of benzene rings is 5. The van der Waals surface area contributed by atoms with Crippen LogP contribution < -0.4 is 4.90 Å². The van der Waals surface area contributed by atoms with Crippen LogP contribution in [0.2, 0.25) is 0 Å². The molecule has 7 rings (SSSR count). The van der Waals surface area contributed by atoms with Crippen LogP contribution in [0.15, 0.2) is 180 Å². The lowest BCUT2D eigenvalue weighted by Crippen LogP contribution is -2.19. The predicted octanol–water partition coefficient (Wildman–Crippen LogP) is 11.6. The van der Waals surface area contributed by atoms with Crippen molar-refractivity contribution in [2.45, 2.75) is 13.3 Å². The minimum Gasteiger partial charge on any atom is -0.454 e. The number of furan rings is 1. The zero-order chi connectivity index (χ0) is 29.7. The Morgan fingerprint density at radius 1 is 0.705 bits per heavy atom. The third-order valence-corrected chi connectivity index (χ3v) is 8.05. The molecule has 0 N–H and O–H groups in total. The van der Waals surface area contributed by atoms with Gasteiger partial charge in [-0.3, -0.25) is 0 Å². The lowest BCUT2D eigenvalue weighted by molar-refractivity contribution is 0.598. The summed E-state index contributed by atoms with van der Waals surface area (Å²) in [5.74, 6) is 0.807. The van der Waals surface area contributed by atoms with E-state index in [-0.39, 0.29) is 0 Å². The van der Waals surface area contributed by atoms with Gasteiger partial charge in [0, 0.05) is 22.3 Å². The van der Waals surface area contributed by atoms with E-state index in [1.807, 2.05) is 6.92 Å². The third-order valence-electron chi connectivity index (χ3n) is 8.05. The van der Waals surface area contributed by atoms with Gasteiger partial charge in [0.2, 0.25) is 0 Å². The molecule has 6 aromatic rings. The Hall–Kier alpha value is -5.60. The van der Waals surface area contributed by atoms with Gasteiger partial charge in [-0.2, -0.15) is 0 Å². The number of para-hydroxylation sites is 1. The van der Waals surface area contributed by atoms with Crippen LogP contribution in [-0.4, -0.2) is 0 Å². The van der Waals surface area contributed by atoms with Crippen LogP contribution in [0, 0.1) is 0 Å². The molecule has 0 saturated carbocycles. The molecular weight excluding hydrogens is 534 g/mol. The lowest BCUT2D eigenvalue weighted by atomic mass is 9.98. The Morgan fingerprint density at radius 3 is 2.14 bits per heavy atom. The molecule has 1 aliphatic carbocycles. The SMILES string of the molecule is C/C=C\C=C(/c1cc2c(o1)c(-c1ccccc1)cc1ccccc12)N(C1=CC=C(c2ccccc2)CC=C1)c1ccccc1. The summed E-state index contributed by atoms with van der Waals surface area (Å²) < 4.78 is 6.93. The fourth-order valence-electron chi connectivity index (χ4n) is 5.93. The molecule has 0 aliphatic heterocycles. The van der Waals surface area contributed by atoms with Gasteiger partial charge >= 0.3 is 0 Å². The van der Waals surface area contributed by atoms with Crippen molar-refractivity contribution in [3.63, 3.8) is 0 Å². The maximum Gasteiger partial charge on any atom is 0.152 e. The summed E-state index contributed by atoms with van der Waals surface area (Å²) in [6.45, 7) is 2.04. The summed E-state index contributed by atoms with van der Waals surface area (Å²) >= 11 is 0. The van der Waals surface area contributed by atoms with E-state index < -0.39 is 0 Å². The molecule has 0 unspecified atom stereocenters. The number of anilines is 1. The summed E-state index contributed by atoms with van der Waals surface area (Å²) in [5, 5.41) is 3.48. The molecule has 0 amide bonds. The molecule has 212 valence electrons. The van der Waals surface area contributed by atoms with E-state index in [1.165, 1.54) is 21.9 Å². The van der Waals surface area contributed by atoms with Gasteiger partial charge in [-0.25, -0.2) is 0 Å².